The molecule has 0 fully saturated rings. The second kappa shape index (κ2) is 5.83. The summed E-state index contributed by atoms with van der Waals surface area (Å²) in [6.45, 7) is 4.19. The highest BCUT2D eigenvalue weighted by molar-refractivity contribution is 5.80. The topological polar surface area (TPSA) is 17.0 Å². The summed E-state index contributed by atoms with van der Waals surface area (Å²) in [7, 11) is 0. The molecule has 0 atom stereocenters. The Balaban J connectivity index is 1.59. The molecule has 0 radical (unpaired) electrons. The number of hydrogen-bond acceptors (Lipinski definition) is 1. The smallest absolute Gasteiger partial charge is 0.0482 e. The van der Waals surface area contributed by atoms with Gasteiger partial charge in [0.2, 0.25) is 0 Å². The summed E-state index contributed by atoms with van der Waals surface area (Å²) in [5.74, 6) is 0. The largest absolute Gasteiger partial charge is 0.385 e. The Hall–Kier alpha value is -2.22. The summed E-state index contributed by atoms with van der Waals surface area (Å²) in [6, 6.07) is 19.2. The van der Waals surface area contributed by atoms with Crippen molar-refractivity contribution >= 4 is 16.6 Å². The van der Waals surface area contributed by atoms with Crippen LogP contribution >= 0.6 is 0 Å². The summed E-state index contributed by atoms with van der Waals surface area (Å²) in [5, 5.41) is 4.78. The first-order chi connectivity index (χ1) is 9.83. The number of hydrogen-bond donors (Lipinski definition) is 1. The van der Waals surface area contributed by atoms with Crippen molar-refractivity contribution in [2.24, 2.45) is 0 Å². The number of rotatable bonds is 5. The number of nitrogens with zero attached hydrogens (tertiary/aromatic N) is 1. The average Bonchev–Trinajstić information content (AvgIpc) is 2.87. The number of aromatic nitrogens is 1. The fraction of sp³-hybridized carbons (Fsp3) is 0.222. The number of para-hydroxylation sites is 1. The Labute approximate surface area is 120 Å². The molecule has 0 aliphatic rings. The van der Waals surface area contributed by atoms with Gasteiger partial charge in [-0.15, -0.1) is 0 Å². The average molecular weight is 264 g/mol. The highest BCUT2D eigenvalue weighted by Gasteiger charge is 2.00. The summed E-state index contributed by atoms with van der Waals surface area (Å²) >= 11 is 0. The molecule has 2 aromatic carbocycles. The lowest BCUT2D eigenvalue weighted by Crippen LogP contribution is -2.06. The zero-order valence-corrected chi connectivity index (χ0v) is 11.8. The molecule has 0 saturated heterocycles. The van der Waals surface area contributed by atoms with Gasteiger partial charge in [0.05, 0.1) is 0 Å². The highest BCUT2D eigenvalue weighted by atomic mass is 15.0. The summed E-state index contributed by atoms with van der Waals surface area (Å²) in [5.41, 5.74) is 3.85. The second-order valence-corrected chi connectivity index (χ2v) is 5.22. The Bertz CT molecular complexity index is 683. The second-order valence-electron chi connectivity index (χ2n) is 5.22. The van der Waals surface area contributed by atoms with Gasteiger partial charge >= 0.3 is 0 Å². The molecule has 102 valence electrons. The van der Waals surface area contributed by atoms with E-state index in [1.807, 2.05) is 6.07 Å². The van der Waals surface area contributed by atoms with Crippen molar-refractivity contribution in [3.8, 4) is 0 Å². The third-order valence-electron chi connectivity index (χ3n) is 3.61. The normalized spacial score (nSPS) is 10.8. The van der Waals surface area contributed by atoms with E-state index in [-0.39, 0.29) is 0 Å². The molecule has 0 aliphatic heterocycles. The molecule has 20 heavy (non-hydrogen) atoms. The zero-order valence-electron chi connectivity index (χ0n) is 11.8. The van der Waals surface area contributed by atoms with Crippen LogP contribution < -0.4 is 5.32 Å². The number of anilines is 1. The van der Waals surface area contributed by atoms with Gasteiger partial charge in [-0.3, -0.25) is 0 Å². The Kier molecular flexibility index (Phi) is 3.73. The fourth-order valence-electron chi connectivity index (χ4n) is 2.53. The molecule has 2 nitrogen and oxygen atoms in total. The van der Waals surface area contributed by atoms with Gasteiger partial charge in [-0.25, -0.2) is 0 Å². The van der Waals surface area contributed by atoms with Crippen LogP contribution in [0.5, 0.6) is 0 Å². The molecular formula is C18H20N2. The van der Waals surface area contributed by atoms with Gasteiger partial charge in [0.1, 0.15) is 0 Å². The van der Waals surface area contributed by atoms with Crippen LogP contribution in [0.3, 0.4) is 0 Å². The number of aryl methyl sites for hydroxylation is 2. The standard InChI is InChI=1S/C18H20N2/c1-15-8-9-16-10-13-20(18(16)14-15)12-5-11-19-17-6-3-2-4-7-17/h2-4,6-10,13-14,19H,5,11-12H2,1H3. The van der Waals surface area contributed by atoms with Crippen LogP contribution in [0.1, 0.15) is 12.0 Å². The van der Waals surface area contributed by atoms with E-state index in [1.54, 1.807) is 0 Å². The van der Waals surface area contributed by atoms with Gasteiger partial charge in [0, 0.05) is 30.5 Å². The van der Waals surface area contributed by atoms with E-state index in [0.717, 1.165) is 19.5 Å². The van der Waals surface area contributed by atoms with E-state index in [9.17, 15) is 0 Å². The van der Waals surface area contributed by atoms with Crippen LogP contribution in [0.15, 0.2) is 60.8 Å². The molecule has 0 saturated carbocycles. The molecule has 1 N–H and O–H groups in total. The molecule has 2 heteroatoms. The van der Waals surface area contributed by atoms with Crippen LogP contribution in [0.25, 0.3) is 10.9 Å². The van der Waals surface area contributed by atoms with Crippen molar-refractivity contribution in [3.63, 3.8) is 0 Å². The van der Waals surface area contributed by atoms with Gasteiger partial charge < -0.3 is 9.88 Å². The Morgan fingerprint density at radius 2 is 1.85 bits per heavy atom. The monoisotopic (exact) mass is 264 g/mol. The third kappa shape index (κ3) is 2.85. The van der Waals surface area contributed by atoms with Gasteiger partial charge in [0.15, 0.2) is 0 Å². The molecule has 0 spiro atoms. The van der Waals surface area contributed by atoms with Crippen molar-refractivity contribution < 1.29 is 0 Å². The molecule has 3 aromatic rings. The summed E-state index contributed by atoms with van der Waals surface area (Å²) in [4.78, 5) is 0. The Morgan fingerprint density at radius 1 is 1.00 bits per heavy atom. The van der Waals surface area contributed by atoms with Crippen LogP contribution in [0, 0.1) is 6.92 Å². The molecular weight excluding hydrogens is 244 g/mol. The van der Waals surface area contributed by atoms with Gasteiger partial charge in [0.25, 0.3) is 0 Å². The van der Waals surface area contributed by atoms with Crippen molar-refractivity contribution in [2.45, 2.75) is 19.9 Å². The molecule has 1 aromatic heterocycles. The van der Waals surface area contributed by atoms with Gasteiger partial charge in [-0.2, -0.15) is 0 Å². The minimum absolute atomic E-state index is 0.996. The van der Waals surface area contributed by atoms with Gasteiger partial charge in [-0.1, -0.05) is 30.3 Å². The molecule has 0 bridgehead atoms. The first-order valence-corrected chi connectivity index (χ1v) is 7.17. The fourth-order valence-corrected chi connectivity index (χ4v) is 2.53. The molecule has 3 rings (SSSR count). The van der Waals surface area contributed by atoms with Crippen LogP contribution in [-0.2, 0) is 6.54 Å². The maximum absolute atomic E-state index is 3.45. The lowest BCUT2D eigenvalue weighted by Gasteiger charge is -2.08. The molecule has 1 heterocycles. The van der Waals surface area contributed by atoms with Gasteiger partial charge in [-0.05, 0) is 48.6 Å². The first kappa shape index (κ1) is 12.8. The van der Waals surface area contributed by atoms with Crippen LogP contribution in [0.4, 0.5) is 5.69 Å². The minimum Gasteiger partial charge on any atom is -0.385 e. The first-order valence-electron chi connectivity index (χ1n) is 7.17. The number of nitrogens with one attached hydrogen (secondary N) is 1. The van der Waals surface area contributed by atoms with Crippen molar-refractivity contribution in [3.05, 3.63) is 66.4 Å². The lowest BCUT2D eigenvalue weighted by atomic mass is 10.2. The highest BCUT2D eigenvalue weighted by Crippen LogP contribution is 2.17. The zero-order chi connectivity index (χ0) is 13.8. The molecule has 0 amide bonds. The minimum atomic E-state index is 0.996. The maximum Gasteiger partial charge on any atom is 0.0482 e. The number of benzene rings is 2. The van der Waals surface area contributed by atoms with E-state index in [1.165, 1.54) is 22.2 Å². The Morgan fingerprint density at radius 3 is 2.70 bits per heavy atom. The number of fused-ring (bicyclic) bond motifs is 1. The maximum atomic E-state index is 3.45. The third-order valence-corrected chi connectivity index (χ3v) is 3.61. The quantitative estimate of drug-likeness (QED) is 0.674. The van der Waals surface area contributed by atoms with Crippen molar-refractivity contribution in [2.75, 3.05) is 11.9 Å². The van der Waals surface area contributed by atoms with E-state index in [4.69, 9.17) is 0 Å². The molecule has 0 unspecified atom stereocenters. The molecule has 0 aliphatic carbocycles. The van der Waals surface area contributed by atoms with E-state index in [2.05, 4.69) is 71.5 Å². The SMILES string of the molecule is Cc1ccc2ccn(CCCNc3ccccc3)c2c1. The van der Waals surface area contributed by atoms with E-state index < -0.39 is 0 Å². The van der Waals surface area contributed by atoms with E-state index in [0.29, 0.717) is 0 Å². The van der Waals surface area contributed by atoms with Crippen LogP contribution in [0.2, 0.25) is 0 Å². The summed E-state index contributed by atoms with van der Waals surface area (Å²) in [6.07, 6.45) is 3.30. The van der Waals surface area contributed by atoms with Crippen molar-refractivity contribution in [1.82, 2.24) is 4.57 Å². The van der Waals surface area contributed by atoms with Crippen LogP contribution in [-0.4, -0.2) is 11.1 Å². The predicted octanol–water partition coefficient (Wildman–Crippen LogP) is 4.45. The van der Waals surface area contributed by atoms with Crippen molar-refractivity contribution in [1.29, 1.82) is 0 Å². The predicted molar refractivity (Wildman–Crippen MR) is 86.2 cm³/mol. The summed E-state index contributed by atoms with van der Waals surface area (Å²) < 4.78 is 2.34. The van der Waals surface area contributed by atoms with E-state index >= 15 is 0 Å². The lowest BCUT2D eigenvalue weighted by molar-refractivity contribution is 0.683.